The third-order valence-corrected chi connectivity index (χ3v) is 5.97. The quantitative estimate of drug-likeness (QED) is 0.881. The molecule has 0 amide bonds. The Morgan fingerprint density at radius 2 is 2.05 bits per heavy atom. The molecular formula is C16H25N3. The molecule has 3 aliphatic rings. The largest absolute Gasteiger partial charge is 0.334 e. The van der Waals surface area contributed by atoms with Crippen molar-refractivity contribution in [3.05, 3.63) is 18.2 Å². The van der Waals surface area contributed by atoms with Crippen LogP contribution in [0.15, 0.2) is 12.4 Å². The van der Waals surface area contributed by atoms with Crippen LogP contribution in [-0.2, 0) is 6.54 Å². The Kier molecular flexibility index (Phi) is 2.73. The second-order valence-corrected chi connectivity index (χ2v) is 6.67. The number of fused-ring (bicyclic) bond motifs is 5. The van der Waals surface area contributed by atoms with Gasteiger partial charge in [0.25, 0.3) is 0 Å². The topological polar surface area (TPSA) is 29.9 Å². The standard InChI is InChI=1S/C16H25N3/c1-3-17-15(16-18-7-8-19(16)4-2)14-12-10-5-6-11(9-10)13(12)14/h7-8,10-15,17H,3-6,9H2,1-2H3. The van der Waals surface area contributed by atoms with Crippen LogP contribution in [0.4, 0.5) is 0 Å². The first-order valence-corrected chi connectivity index (χ1v) is 8.09. The lowest BCUT2D eigenvalue weighted by Crippen LogP contribution is -2.28. The van der Waals surface area contributed by atoms with E-state index in [2.05, 4.69) is 34.9 Å². The molecule has 0 saturated heterocycles. The second kappa shape index (κ2) is 4.34. The van der Waals surface area contributed by atoms with Crippen LogP contribution in [-0.4, -0.2) is 16.1 Å². The van der Waals surface area contributed by atoms with Crippen molar-refractivity contribution in [3.63, 3.8) is 0 Å². The Hall–Kier alpha value is -0.830. The van der Waals surface area contributed by atoms with E-state index in [1.807, 2.05) is 6.20 Å². The van der Waals surface area contributed by atoms with Gasteiger partial charge >= 0.3 is 0 Å². The Balaban J connectivity index is 1.60. The normalized spacial score (nSPS) is 40.4. The average molecular weight is 259 g/mol. The van der Waals surface area contributed by atoms with E-state index in [0.717, 1.165) is 42.7 Å². The summed E-state index contributed by atoms with van der Waals surface area (Å²) in [4.78, 5) is 4.67. The summed E-state index contributed by atoms with van der Waals surface area (Å²) in [5.74, 6) is 6.29. The highest BCUT2D eigenvalue weighted by Crippen LogP contribution is 2.72. The molecule has 0 aromatic carbocycles. The first-order valence-electron chi connectivity index (χ1n) is 8.09. The summed E-state index contributed by atoms with van der Waals surface area (Å²) in [6, 6.07) is 0.498. The van der Waals surface area contributed by atoms with Crippen LogP contribution in [0.1, 0.15) is 45.0 Å². The minimum atomic E-state index is 0.498. The summed E-state index contributed by atoms with van der Waals surface area (Å²) >= 11 is 0. The number of hydrogen-bond donors (Lipinski definition) is 1. The van der Waals surface area contributed by atoms with Crippen molar-refractivity contribution < 1.29 is 0 Å². The van der Waals surface area contributed by atoms with Gasteiger partial charge < -0.3 is 9.88 Å². The Morgan fingerprint density at radius 3 is 2.68 bits per heavy atom. The van der Waals surface area contributed by atoms with Gasteiger partial charge in [-0.25, -0.2) is 4.98 Å². The molecule has 1 aromatic rings. The molecule has 5 atom stereocenters. The van der Waals surface area contributed by atoms with E-state index < -0.39 is 0 Å². The fourth-order valence-corrected chi connectivity index (χ4v) is 5.32. The maximum absolute atomic E-state index is 4.67. The zero-order valence-corrected chi connectivity index (χ0v) is 12.0. The maximum Gasteiger partial charge on any atom is 0.126 e. The highest BCUT2D eigenvalue weighted by Gasteiger charge is 2.67. The molecule has 5 unspecified atom stereocenters. The smallest absolute Gasteiger partial charge is 0.126 e. The molecule has 3 aliphatic carbocycles. The van der Waals surface area contributed by atoms with E-state index >= 15 is 0 Å². The van der Waals surface area contributed by atoms with E-state index in [9.17, 15) is 0 Å². The molecule has 3 saturated carbocycles. The van der Waals surface area contributed by atoms with Crippen molar-refractivity contribution in [2.75, 3.05) is 6.54 Å². The Labute approximate surface area is 115 Å². The summed E-state index contributed by atoms with van der Waals surface area (Å²) in [7, 11) is 0. The monoisotopic (exact) mass is 259 g/mol. The fourth-order valence-electron chi connectivity index (χ4n) is 5.32. The number of nitrogens with one attached hydrogen (secondary N) is 1. The van der Waals surface area contributed by atoms with Gasteiger partial charge in [0.05, 0.1) is 6.04 Å². The summed E-state index contributed by atoms with van der Waals surface area (Å²) < 4.78 is 2.32. The molecule has 1 heterocycles. The van der Waals surface area contributed by atoms with Gasteiger partial charge in [0.15, 0.2) is 0 Å². The van der Waals surface area contributed by atoms with Crippen molar-refractivity contribution >= 4 is 0 Å². The number of hydrogen-bond acceptors (Lipinski definition) is 2. The number of aromatic nitrogens is 2. The third kappa shape index (κ3) is 1.63. The summed E-state index contributed by atoms with van der Waals surface area (Å²) in [5, 5.41) is 3.74. The van der Waals surface area contributed by atoms with E-state index in [-0.39, 0.29) is 0 Å². The van der Waals surface area contributed by atoms with Crippen molar-refractivity contribution in [2.45, 2.75) is 45.7 Å². The number of rotatable bonds is 5. The van der Waals surface area contributed by atoms with Crippen molar-refractivity contribution in [1.29, 1.82) is 0 Å². The summed E-state index contributed by atoms with van der Waals surface area (Å²) in [6.07, 6.45) is 8.64. The van der Waals surface area contributed by atoms with Crippen LogP contribution in [0, 0.1) is 29.6 Å². The molecule has 3 nitrogen and oxygen atoms in total. The molecule has 1 N–H and O–H groups in total. The highest BCUT2D eigenvalue weighted by molar-refractivity contribution is 5.19. The van der Waals surface area contributed by atoms with E-state index in [0.29, 0.717) is 6.04 Å². The van der Waals surface area contributed by atoms with E-state index in [1.54, 1.807) is 0 Å². The first kappa shape index (κ1) is 12.0. The minimum absolute atomic E-state index is 0.498. The molecule has 3 heteroatoms. The molecular weight excluding hydrogens is 234 g/mol. The van der Waals surface area contributed by atoms with Crippen LogP contribution < -0.4 is 5.32 Å². The second-order valence-electron chi connectivity index (χ2n) is 6.67. The van der Waals surface area contributed by atoms with Crippen LogP contribution in [0.2, 0.25) is 0 Å². The van der Waals surface area contributed by atoms with Gasteiger partial charge in [-0.1, -0.05) is 6.92 Å². The van der Waals surface area contributed by atoms with Gasteiger partial charge in [0.2, 0.25) is 0 Å². The number of nitrogens with zero attached hydrogens (tertiary/aromatic N) is 2. The SMILES string of the molecule is CCNC(c1nccn1CC)C1C2C3CCC(C3)C21. The van der Waals surface area contributed by atoms with Gasteiger partial charge in [-0.3, -0.25) is 0 Å². The molecule has 4 rings (SSSR count). The van der Waals surface area contributed by atoms with Crippen molar-refractivity contribution in [2.24, 2.45) is 29.6 Å². The Bertz CT molecular complexity index is 450. The molecule has 3 fully saturated rings. The number of aryl methyl sites for hydroxylation is 1. The maximum atomic E-state index is 4.67. The van der Waals surface area contributed by atoms with Crippen molar-refractivity contribution in [3.8, 4) is 0 Å². The van der Waals surface area contributed by atoms with Crippen LogP contribution >= 0.6 is 0 Å². The van der Waals surface area contributed by atoms with Gasteiger partial charge in [0, 0.05) is 18.9 Å². The van der Waals surface area contributed by atoms with E-state index in [1.165, 1.54) is 25.1 Å². The highest BCUT2D eigenvalue weighted by atomic mass is 15.1. The molecule has 104 valence electrons. The molecule has 2 bridgehead atoms. The van der Waals surface area contributed by atoms with Crippen LogP contribution in [0.25, 0.3) is 0 Å². The number of imidazole rings is 1. The first-order chi connectivity index (χ1) is 9.35. The fraction of sp³-hybridized carbons (Fsp3) is 0.812. The lowest BCUT2D eigenvalue weighted by molar-refractivity contribution is 0.356. The van der Waals surface area contributed by atoms with Gasteiger partial charge in [0.1, 0.15) is 5.82 Å². The Morgan fingerprint density at radius 1 is 1.32 bits per heavy atom. The summed E-state index contributed by atoms with van der Waals surface area (Å²) in [6.45, 7) is 6.52. The molecule has 0 aliphatic heterocycles. The molecule has 1 aromatic heterocycles. The lowest BCUT2D eigenvalue weighted by Gasteiger charge is -2.21. The average Bonchev–Trinajstić information content (AvgIpc) is 2.83. The summed E-state index contributed by atoms with van der Waals surface area (Å²) in [5.41, 5.74) is 0. The zero-order chi connectivity index (χ0) is 13.0. The van der Waals surface area contributed by atoms with Crippen LogP contribution in [0.5, 0.6) is 0 Å². The van der Waals surface area contributed by atoms with E-state index in [4.69, 9.17) is 0 Å². The third-order valence-electron chi connectivity index (χ3n) is 5.97. The molecule has 19 heavy (non-hydrogen) atoms. The zero-order valence-electron chi connectivity index (χ0n) is 12.0. The predicted octanol–water partition coefficient (Wildman–Crippen LogP) is 2.85. The van der Waals surface area contributed by atoms with Crippen molar-refractivity contribution in [1.82, 2.24) is 14.9 Å². The molecule has 0 radical (unpaired) electrons. The predicted molar refractivity (Wildman–Crippen MR) is 75.6 cm³/mol. The van der Waals surface area contributed by atoms with Gasteiger partial charge in [-0.2, -0.15) is 0 Å². The lowest BCUT2D eigenvalue weighted by atomic mass is 9.97. The van der Waals surface area contributed by atoms with Gasteiger partial charge in [-0.05, 0) is 62.3 Å². The minimum Gasteiger partial charge on any atom is -0.334 e. The van der Waals surface area contributed by atoms with Crippen LogP contribution in [0.3, 0.4) is 0 Å². The van der Waals surface area contributed by atoms with Gasteiger partial charge in [-0.15, -0.1) is 0 Å². The molecule has 0 spiro atoms.